The van der Waals surface area contributed by atoms with Crippen LogP contribution in [0.2, 0.25) is 0 Å². The summed E-state index contributed by atoms with van der Waals surface area (Å²) < 4.78 is 1.32. The van der Waals surface area contributed by atoms with Crippen molar-refractivity contribution in [3.8, 4) is 0 Å². The van der Waals surface area contributed by atoms with Crippen LogP contribution < -0.4 is 10.9 Å². The Morgan fingerprint density at radius 2 is 1.65 bits per heavy atom. The highest BCUT2D eigenvalue weighted by atomic mass is 16.2. The Hall–Kier alpha value is -3.47. The van der Waals surface area contributed by atoms with Gasteiger partial charge in [0.2, 0.25) is 0 Å². The lowest BCUT2D eigenvalue weighted by Gasteiger charge is -2.10. The summed E-state index contributed by atoms with van der Waals surface area (Å²) in [4.78, 5) is 25.3. The zero-order chi connectivity index (χ0) is 18.1. The van der Waals surface area contributed by atoms with Gasteiger partial charge in [0, 0.05) is 17.6 Å². The number of carbonyl (C=O) groups excluding carboxylic acids is 1. The van der Waals surface area contributed by atoms with E-state index in [4.69, 9.17) is 0 Å². The highest BCUT2D eigenvalue weighted by molar-refractivity contribution is 6.11. The van der Waals surface area contributed by atoms with E-state index in [-0.39, 0.29) is 17.2 Å². The maximum atomic E-state index is 12.9. The maximum Gasteiger partial charge on any atom is 0.276 e. The second-order valence-corrected chi connectivity index (χ2v) is 6.03. The molecule has 128 valence electrons. The first-order valence-electron chi connectivity index (χ1n) is 8.47. The molecule has 1 heterocycles. The molecule has 0 saturated carbocycles. The summed E-state index contributed by atoms with van der Waals surface area (Å²) in [6.07, 6.45) is 0. The summed E-state index contributed by atoms with van der Waals surface area (Å²) in [6, 6.07) is 20.7. The fraction of sp³-hybridized carbons (Fsp3) is 0.0952. The standard InChI is InChI=1S/C21H17N3O2/c1-2-24-21(26)18-10-6-5-9-17(18)19(23-24)20(25)22-16-12-11-14-7-3-4-8-15(14)13-16/h3-13H,2H2,1H3,(H,22,25). The summed E-state index contributed by atoms with van der Waals surface area (Å²) in [5.41, 5.74) is 0.745. The van der Waals surface area contributed by atoms with Gasteiger partial charge in [0.25, 0.3) is 11.5 Å². The van der Waals surface area contributed by atoms with Crippen molar-refractivity contribution in [3.63, 3.8) is 0 Å². The van der Waals surface area contributed by atoms with Crippen LogP contribution in [0.1, 0.15) is 17.4 Å². The molecule has 0 bridgehead atoms. The van der Waals surface area contributed by atoms with Crippen molar-refractivity contribution in [2.45, 2.75) is 13.5 Å². The van der Waals surface area contributed by atoms with Gasteiger partial charge in [0.15, 0.2) is 5.69 Å². The first-order chi connectivity index (χ1) is 12.7. The van der Waals surface area contributed by atoms with Crippen LogP contribution in [0, 0.1) is 0 Å². The first kappa shape index (κ1) is 16.0. The molecule has 4 rings (SSSR count). The van der Waals surface area contributed by atoms with E-state index >= 15 is 0 Å². The van der Waals surface area contributed by atoms with Crippen LogP contribution in [0.5, 0.6) is 0 Å². The Morgan fingerprint density at radius 1 is 0.962 bits per heavy atom. The number of hydrogen-bond donors (Lipinski definition) is 1. The highest BCUT2D eigenvalue weighted by Gasteiger charge is 2.16. The number of benzene rings is 3. The van der Waals surface area contributed by atoms with Gasteiger partial charge in [-0.3, -0.25) is 9.59 Å². The normalized spacial score (nSPS) is 11.0. The SMILES string of the molecule is CCn1nc(C(=O)Nc2ccc3ccccc3c2)c2ccccc2c1=O. The number of fused-ring (bicyclic) bond motifs is 2. The van der Waals surface area contributed by atoms with Gasteiger partial charge in [-0.05, 0) is 35.9 Å². The van der Waals surface area contributed by atoms with Crippen molar-refractivity contribution < 1.29 is 4.79 Å². The number of aryl methyl sites for hydroxylation is 1. The van der Waals surface area contributed by atoms with E-state index in [1.165, 1.54) is 4.68 Å². The summed E-state index contributed by atoms with van der Waals surface area (Å²) in [7, 11) is 0. The number of carbonyl (C=O) groups is 1. The minimum absolute atomic E-state index is 0.189. The molecule has 0 unspecified atom stereocenters. The Bertz CT molecular complexity index is 1190. The van der Waals surface area contributed by atoms with Gasteiger partial charge in [-0.2, -0.15) is 5.10 Å². The fourth-order valence-electron chi connectivity index (χ4n) is 3.07. The lowest BCUT2D eigenvalue weighted by molar-refractivity contribution is 0.102. The van der Waals surface area contributed by atoms with E-state index in [0.29, 0.717) is 23.0 Å². The maximum absolute atomic E-state index is 12.9. The third-order valence-corrected chi connectivity index (χ3v) is 4.39. The van der Waals surface area contributed by atoms with Gasteiger partial charge in [-0.25, -0.2) is 4.68 Å². The van der Waals surface area contributed by atoms with Gasteiger partial charge in [-0.1, -0.05) is 48.5 Å². The number of hydrogen-bond acceptors (Lipinski definition) is 3. The molecule has 0 aliphatic heterocycles. The molecule has 5 nitrogen and oxygen atoms in total. The third kappa shape index (κ3) is 2.73. The number of amides is 1. The minimum Gasteiger partial charge on any atom is -0.321 e. The molecule has 0 radical (unpaired) electrons. The van der Waals surface area contributed by atoms with Crippen molar-refractivity contribution in [1.82, 2.24) is 9.78 Å². The van der Waals surface area contributed by atoms with E-state index in [2.05, 4.69) is 10.4 Å². The van der Waals surface area contributed by atoms with Gasteiger partial charge < -0.3 is 5.32 Å². The monoisotopic (exact) mass is 343 g/mol. The topological polar surface area (TPSA) is 64.0 Å². The van der Waals surface area contributed by atoms with Crippen molar-refractivity contribution in [2.75, 3.05) is 5.32 Å². The summed E-state index contributed by atoms with van der Waals surface area (Å²) >= 11 is 0. The predicted octanol–water partition coefficient (Wildman–Crippen LogP) is 3.82. The van der Waals surface area contributed by atoms with Crippen LogP contribution in [-0.2, 0) is 6.54 Å². The van der Waals surface area contributed by atoms with Crippen LogP contribution >= 0.6 is 0 Å². The van der Waals surface area contributed by atoms with Crippen molar-refractivity contribution >= 4 is 33.1 Å². The third-order valence-electron chi connectivity index (χ3n) is 4.39. The molecular weight excluding hydrogens is 326 g/mol. The largest absolute Gasteiger partial charge is 0.321 e. The summed E-state index contributed by atoms with van der Waals surface area (Å²) in [6.45, 7) is 2.23. The van der Waals surface area contributed by atoms with E-state index in [0.717, 1.165) is 10.8 Å². The van der Waals surface area contributed by atoms with Crippen LogP contribution in [0.25, 0.3) is 21.5 Å². The molecule has 1 N–H and O–H groups in total. The van der Waals surface area contributed by atoms with Crippen LogP contribution in [-0.4, -0.2) is 15.7 Å². The summed E-state index contributed by atoms with van der Waals surface area (Å²) in [5, 5.41) is 10.4. The van der Waals surface area contributed by atoms with Gasteiger partial charge in [-0.15, -0.1) is 0 Å². The van der Waals surface area contributed by atoms with Crippen molar-refractivity contribution in [3.05, 3.63) is 82.8 Å². The zero-order valence-corrected chi connectivity index (χ0v) is 14.3. The molecule has 1 amide bonds. The van der Waals surface area contributed by atoms with E-state index in [1.54, 1.807) is 24.3 Å². The second-order valence-electron chi connectivity index (χ2n) is 6.03. The molecule has 1 aromatic heterocycles. The smallest absolute Gasteiger partial charge is 0.276 e. The zero-order valence-electron chi connectivity index (χ0n) is 14.3. The molecule has 0 aliphatic rings. The summed E-state index contributed by atoms with van der Waals surface area (Å²) in [5.74, 6) is -0.335. The Kier molecular flexibility index (Phi) is 3.97. The number of aromatic nitrogens is 2. The number of nitrogens with zero attached hydrogens (tertiary/aromatic N) is 2. The minimum atomic E-state index is -0.335. The van der Waals surface area contributed by atoms with Crippen molar-refractivity contribution in [1.29, 1.82) is 0 Å². The fourth-order valence-corrected chi connectivity index (χ4v) is 3.07. The van der Waals surface area contributed by atoms with Crippen molar-refractivity contribution in [2.24, 2.45) is 0 Å². The van der Waals surface area contributed by atoms with E-state index < -0.39 is 0 Å². The lowest BCUT2D eigenvalue weighted by Crippen LogP contribution is -2.27. The molecule has 0 atom stereocenters. The molecule has 5 heteroatoms. The molecular formula is C21H17N3O2. The highest BCUT2D eigenvalue weighted by Crippen LogP contribution is 2.20. The average molecular weight is 343 g/mol. The first-order valence-corrected chi connectivity index (χ1v) is 8.47. The predicted molar refractivity (Wildman–Crippen MR) is 104 cm³/mol. The Labute approximate surface area is 149 Å². The number of anilines is 1. The molecule has 3 aromatic carbocycles. The number of rotatable bonds is 3. The molecule has 4 aromatic rings. The Morgan fingerprint density at radius 3 is 2.42 bits per heavy atom. The number of nitrogens with one attached hydrogen (secondary N) is 1. The van der Waals surface area contributed by atoms with Crippen LogP contribution in [0.4, 0.5) is 5.69 Å². The van der Waals surface area contributed by atoms with Gasteiger partial charge >= 0.3 is 0 Å². The van der Waals surface area contributed by atoms with Crippen LogP contribution in [0.3, 0.4) is 0 Å². The molecule has 0 fully saturated rings. The molecule has 26 heavy (non-hydrogen) atoms. The molecule has 0 aliphatic carbocycles. The lowest BCUT2D eigenvalue weighted by atomic mass is 10.1. The quantitative estimate of drug-likeness (QED) is 0.615. The van der Waals surface area contributed by atoms with E-state index in [9.17, 15) is 9.59 Å². The molecule has 0 saturated heterocycles. The van der Waals surface area contributed by atoms with E-state index in [1.807, 2.05) is 49.4 Å². The average Bonchev–Trinajstić information content (AvgIpc) is 2.68. The van der Waals surface area contributed by atoms with Gasteiger partial charge in [0.1, 0.15) is 0 Å². The second kappa shape index (κ2) is 6.44. The molecule has 0 spiro atoms. The Balaban J connectivity index is 1.78. The van der Waals surface area contributed by atoms with Crippen LogP contribution in [0.15, 0.2) is 71.5 Å². The van der Waals surface area contributed by atoms with Gasteiger partial charge in [0.05, 0.1) is 5.39 Å².